The van der Waals surface area contributed by atoms with Crippen molar-refractivity contribution >= 4 is 11.6 Å². The maximum absolute atomic E-state index is 12.2. The van der Waals surface area contributed by atoms with Crippen LogP contribution in [0, 0.1) is 18.3 Å². The summed E-state index contributed by atoms with van der Waals surface area (Å²) in [5.74, 6) is 0.0277. The van der Waals surface area contributed by atoms with Crippen molar-refractivity contribution in [1.29, 1.82) is 5.26 Å². The number of aromatic nitrogens is 3. The van der Waals surface area contributed by atoms with Crippen molar-refractivity contribution in [3.63, 3.8) is 0 Å². The van der Waals surface area contributed by atoms with Crippen LogP contribution in [0.5, 0.6) is 0 Å². The Labute approximate surface area is 118 Å². The predicted molar refractivity (Wildman–Crippen MR) is 69.8 cm³/mol. The van der Waals surface area contributed by atoms with Gasteiger partial charge in [-0.2, -0.15) is 23.1 Å². The van der Waals surface area contributed by atoms with E-state index < -0.39 is 12.7 Å². The Bertz CT molecular complexity index is 698. The summed E-state index contributed by atoms with van der Waals surface area (Å²) in [5.41, 5.74) is 6.48. The van der Waals surface area contributed by atoms with Crippen LogP contribution in [-0.2, 0) is 0 Å². The summed E-state index contributed by atoms with van der Waals surface area (Å²) >= 11 is 0. The molecule has 0 radical (unpaired) electrons. The highest BCUT2D eigenvalue weighted by molar-refractivity contribution is 5.65. The van der Waals surface area contributed by atoms with Gasteiger partial charge in [-0.25, -0.2) is 4.98 Å². The number of anilines is 2. The van der Waals surface area contributed by atoms with Gasteiger partial charge in [0.2, 0.25) is 0 Å². The molecule has 0 aliphatic rings. The molecule has 0 aromatic carbocycles. The van der Waals surface area contributed by atoms with E-state index in [9.17, 15) is 13.2 Å². The van der Waals surface area contributed by atoms with Crippen molar-refractivity contribution < 1.29 is 13.2 Å². The first-order valence-electron chi connectivity index (χ1n) is 5.84. The molecule has 0 unspecified atom stereocenters. The van der Waals surface area contributed by atoms with Crippen molar-refractivity contribution in [3.8, 4) is 11.9 Å². The molecule has 2 heterocycles. The van der Waals surface area contributed by atoms with Crippen LogP contribution in [0.3, 0.4) is 0 Å². The summed E-state index contributed by atoms with van der Waals surface area (Å²) < 4.78 is 37.8. The summed E-state index contributed by atoms with van der Waals surface area (Å²) in [6.07, 6.45) is -2.91. The van der Waals surface area contributed by atoms with E-state index in [-0.39, 0.29) is 17.2 Å². The molecule has 110 valence electrons. The third-order valence-corrected chi connectivity index (χ3v) is 2.61. The molecule has 2 aromatic rings. The number of alkyl halides is 3. The Hall–Kier alpha value is -2.76. The van der Waals surface area contributed by atoms with Gasteiger partial charge in [-0.1, -0.05) is 0 Å². The minimum atomic E-state index is -4.42. The second kappa shape index (κ2) is 5.32. The molecule has 2 aromatic heterocycles. The molecule has 9 heteroatoms. The standard InChI is InChI=1S/C12H11F3N6/c1-7-2-3-18-9(4-7)21-10(17)8(5-16)11(20-21)19-6-12(13,14)15/h2-4H,6,17H2,1H3,(H,19,20). The maximum atomic E-state index is 12.2. The zero-order chi connectivity index (χ0) is 15.6. The van der Waals surface area contributed by atoms with Gasteiger partial charge in [-0.05, 0) is 24.6 Å². The van der Waals surface area contributed by atoms with Crippen LogP contribution in [-0.4, -0.2) is 27.5 Å². The van der Waals surface area contributed by atoms with Gasteiger partial charge in [-0.15, -0.1) is 5.10 Å². The molecule has 3 N–H and O–H groups in total. The molecule has 0 atom stereocenters. The normalized spacial score (nSPS) is 11.2. The second-order valence-electron chi connectivity index (χ2n) is 4.29. The Morgan fingerprint density at radius 3 is 2.76 bits per heavy atom. The second-order valence-corrected chi connectivity index (χ2v) is 4.29. The van der Waals surface area contributed by atoms with Crippen LogP contribution in [0.25, 0.3) is 5.82 Å². The number of hydrogen-bond acceptors (Lipinski definition) is 5. The highest BCUT2D eigenvalue weighted by Gasteiger charge is 2.28. The lowest BCUT2D eigenvalue weighted by Crippen LogP contribution is -2.22. The number of hydrogen-bond donors (Lipinski definition) is 2. The van der Waals surface area contributed by atoms with Crippen LogP contribution in [0.4, 0.5) is 24.8 Å². The van der Waals surface area contributed by atoms with E-state index >= 15 is 0 Å². The van der Waals surface area contributed by atoms with Gasteiger partial charge in [0.1, 0.15) is 24.0 Å². The van der Waals surface area contributed by atoms with E-state index in [0.717, 1.165) is 10.2 Å². The van der Waals surface area contributed by atoms with Gasteiger partial charge in [0.25, 0.3) is 0 Å². The number of aryl methyl sites for hydroxylation is 1. The fourth-order valence-electron chi connectivity index (χ4n) is 1.66. The monoisotopic (exact) mass is 296 g/mol. The first-order chi connectivity index (χ1) is 9.81. The number of halogens is 3. The first kappa shape index (κ1) is 14.6. The highest BCUT2D eigenvalue weighted by Crippen LogP contribution is 2.25. The Morgan fingerprint density at radius 2 is 2.19 bits per heavy atom. The lowest BCUT2D eigenvalue weighted by molar-refractivity contribution is -0.115. The predicted octanol–water partition coefficient (Wildman–Crippen LogP) is 2.00. The number of nitriles is 1. The van der Waals surface area contributed by atoms with Gasteiger partial charge in [0, 0.05) is 6.20 Å². The number of nitrogens with one attached hydrogen (secondary N) is 1. The lowest BCUT2D eigenvalue weighted by atomic mass is 10.3. The number of nitrogens with two attached hydrogens (primary N) is 1. The number of nitrogen functional groups attached to an aromatic ring is 1. The molecule has 0 bridgehead atoms. The smallest absolute Gasteiger partial charge is 0.382 e. The summed E-state index contributed by atoms with van der Waals surface area (Å²) in [4.78, 5) is 4.03. The van der Waals surface area contributed by atoms with Crippen LogP contribution in [0.15, 0.2) is 18.3 Å². The van der Waals surface area contributed by atoms with E-state index in [1.165, 1.54) is 6.20 Å². The lowest BCUT2D eigenvalue weighted by Gasteiger charge is -2.06. The van der Waals surface area contributed by atoms with Gasteiger partial charge in [0.05, 0.1) is 0 Å². The number of rotatable bonds is 3. The largest absolute Gasteiger partial charge is 0.405 e. The van der Waals surface area contributed by atoms with Crippen molar-refractivity contribution in [3.05, 3.63) is 29.5 Å². The molecule has 0 saturated carbocycles. The Morgan fingerprint density at radius 1 is 1.48 bits per heavy atom. The molecule has 6 nitrogen and oxygen atoms in total. The quantitative estimate of drug-likeness (QED) is 0.903. The summed E-state index contributed by atoms with van der Waals surface area (Å²) in [5, 5.41) is 15.0. The fourth-order valence-corrected chi connectivity index (χ4v) is 1.66. The van der Waals surface area contributed by atoms with E-state index in [4.69, 9.17) is 11.0 Å². The van der Waals surface area contributed by atoms with Gasteiger partial charge in [-0.3, -0.25) is 0 Å². The minimum Gasteiger partial charge on any atom is -0.382 e. The van der Waals surface area contributed by atoms with Gasteiger partial charge < -0.3 is 11.1 Å². The molecule has 0 aliphatic heterocycles. The van der Waals surface area contributed by atoms with Crippen LogP contribution in [0.2, 0.25) is 0 Å². The van der Waals surface area contributed by atoms with Gasteiger partial charge >= 0.3 is 6.18 Å². The minimum absolute atomic E-state index is 0.0692. The fraction of sp³-hybridized carbons (Fsp3) is 0.250. The molecule has 0 aliphatic carbocycles. The molecule has 2 rings (SSSR count). The van der Waals surface area contributed by atoms with E-state index in [0.29, 0.717) is 5.82 Å². The third kappa shape index (κ3) is 3.22. The van der Waals surface area contributed by atoms with E-state index in [1.54, 1.807) is 18.2 Å². The van der Waals surface area contributed by atoms with Crippen molar-refractivity contribution in [1.82, 2.24) is 14.8 Å². The first-order valence-corrected chi connectivity index (χ1v) is 5.84. The zero-order valence-corrected chi connectivity index (χ0v) is 10.9. The molecule has 0 fully saturated rings. The summed E-state index contributed by atoms with van der Waals surface area (Å²) in [6, 6.07) is 5.14. The average Bonchev–Trinajstić information content (AvgIpc) is 2.72. The zero-order valence-electron chi connectivity index (χ0n) is 10.9. The average molecular weight is 296 g/mol. The molecular weight excluding hydrogens is 285 g/mol. The van der Waals surface area contributed by atoms with Gasteiger partial charge in [0.15, 0.2) is 11.6 Å². The molecule has 0 amide bonds. The third-order valence-electron chi connectivity index (χ3n) is 2.61. The Kier molecular flexibility index (Phi) is 3.71. The highest BCUT2D eigenvalue weighted by atomic mass is 19.4. The SMILES string of the molecule is Cc1ccnc(-n2nc(NCC(F)(F)F)c(C#N)c2N)c1. The van der Waals surface area contributed by atoms with E-state index in [2.05, 4.69) is 15.4 Å². The number of nitrogens with zero attached hydrogens (tertiary/aromatic N) is 4. The molecule has 0 saturated heterocycles. The van der Waals surface area contributed by atoms with Crippen LogP contribution in [0.1, 0.15) is 11.1 Å². The topological polar surface area (TPSA) is 92.5 Å². The van der Waals surface area contributed by atoms with Crippen molar-refractivity contribution in [2.45, 2.75) is 13.1 Å². The van der Waals surface area contributed by atoms with Crippen molar-refractivity contribution in [2.75, 3.05) is 17.6 Å². The Balaban J connectivity index is 2.41. The summed E-state index contributed by atoms with van der Waals surface area (Å²) in [7, 11) is 0. The molecule has 21 heavy (non-hydrogen) atoms. The van der Waals surface area contributed by atoms with E-state index in [1.807, 2.05) is 6.92 Å². The number of pyridine rings is 1. The van der Waals surface area contributed by atoms with Crippen LogP contribution < -0.4 is 11.1 Å². The van der Waals surface area contributed by atoms with Crippen molar-refractivity contribution in [2.24, 2.45) is 0 Å². The van der Waals surface area contributed by atoms with Crippen LogP contribution >= 0.6 is 0 Å². The molecular formula is C12H11F3N6. The molecule has 0 spiro atoms. The summed E-state index contributed by atoms with van der Waals surface area (Å²) in [6.45, 7) is 0.512. The maximum Gasteiger partial charge on any atom is 0.405 e.